The third kappa shape index (κ3) is 9.72. The topological polar surface area (TPSA) is 39.9 Å². The molecular formula is C8H12IO3+. The number of carbonyl (C=O) groups excluding carboxylic acids is 1. The van der Waals surface area contributed by atoms with Gasteiger partial charge in [0.25, 0.3) is 0 Å². The zero-order valence-electron chi connectivity index (χ0n) is 6.75. The van der Waals surface area contributed by atoms with Crippen molar-refractivity contribution in [3.8, 4) is 12.3 Å². The molecule has 0 radical (unpaired) electrons. The molecule has 3 nitrogen and oxygen atoms in total. The van der Waals surface area contributed by atoms with Crippen molar-refractivity contribution in [1.82, 2.24) is 0 Å². The van der Waals surface area contributed by atoms with E-state index in [1.54, 1.807) is 22.6 Å². The molecule has 0 unspecified atom stereocenters. The zero-order chi connectivity index (χ0) is 9.23. The molecule has 0 spiro atoms. The van der Waals surface area contributed by atoms with E-state index in [4.69, 9.17) is 11.2 Å². The smallest absolute Gasteiger partial charge is 0.328 e. The van der Waals surface area contributed by atoms with Crippen LogP contribution < -0.4 is 0 Å². The van der Waals surface area contributed by atoms with Gasteiger partial charge in [-0.15, -0.1) is 17.2 Å². The predicted octanol–water partition coefficient (Wildman–Crippen LogP) is 2.02. The molecule has 0 atom stereocenters. The number of hydrogen-bond acceptors (Lipinski definition) is 2. The first-order valence-electron chi connectivity index (χ1n) is 3.71. The molecule has 0 heterocycles. The standard InChI is InChI=1S/C8H11IO3/c1-2-3-4-5-6-7-11-12-8(9)10/h1H,3-7H2/p+1. The highest BCUT2D eigenvalue weighted by Crippen LogP contribution is 1.99. The number of rotatable bonds is 6. The summed E-state index contributed by atoms with van der Waals surface area (Å²) in [4.78, 5) is 17.5. The van der Waals surface area contributed by atoms with Gasteiger partial charge in [0.1, 0.15) is 29.2 Å². The van der Waals surface area contributed by atoms with Crippen LogP contribution in [0.4, 0.5) is 0 Å². The van der Waals surface area contributed by atoms with Crippen molar-refractivity contribution >= 4 is 26.6 Å². The maximum Gasteiger partial charge on any atom is 0.587 e. The maximum absolute atomic E-state index is 8.52. The molecule has 0 saturated heterocycles. The Bertz CT molecular complexity index is 162. The molecule has 0 aromatic carbocycles. The van der Waals surface area contributed by atoms with Crippen LogP contribution in [0.1, 0.15) is 25.7 Å². The molecule has 0 amide bonds. The minimum atomic E-state index is -0.198. The molecule has 1 N–H and O–H groups in total. The van der Waals surface area contributed by atoms with E-state index in [1.807, 2.05) is 0 Å². The molecule has 0 bridgehead atoms. The van der Waals surface area contributed by atoms with Gasteiger partial charge in [-0.3, -0.25) is 0 Å². The van der Waals surface area contributed by atoms with Crippen LogP contribution in [-0.2, 0) is 9.78 Å². The highest BCUT2D eigenvalue weighted by molar-refractivity contribution is 14.1. The first-order chi connectivity index (χ1) is 5.77. The monoisotopic (exact) mass is 283 g/mol. The van der Waals surface area contributed by atoms with E-state index in [1.165, 1.54) is 0 Å². The van der Waals surface area contributed by atoms with Gasteiger partial charge in [0, 0.05) is 6.42 Å². The Labute approximate surface area is 85.9 Å². The SMILES string of the molecule is C#CCCCCCOOC(=[OH+])I. The van der Waals surface area contributed by atoms with E-state index in [9.17, 15) is 0 Å². The summed E-state index contributed by atoms with van der Waals surface area (Å²) < 4.78 is -0.198. The molecule has 12 heavy (non-hydrogen) atoms. The van der Waals surface area contributed by atoms with Crippen LogP contribution in [0.15, 0.2) is 0 Å². The summed E-state index contributed by atoms with van der Waals surface area (Å²) in [6.45, 7) is 0.484. The Hall–Kier alpha value is -0.280. The highest BCUT2D eigenvalue weighted by atomic mass is 127. The predicted molar refractivity (Wildman–Crippen MR) is 55.3 cm³/mol. The van der Waals surface area contributed by atoms with E-state index in [2.05, 4.69) is 15.7 Å². The second-order valence-electron chi connectivity index (χ2n) is 2.17. The molecule has 0 aliphatic heterocycles. The average Bonchev–Trinajstić information content (AvgIpc) is 2.02. The van der Waals surface area contributed by atoms with Crippen molar-refractivity contribution in [3.63, 3.8) is 0 Å². The van der Waals surface area contributed by atoms with Crippen LogP contribution in [0.2, 0.25) is 0 Å². The largest absolute Gasteiger partial charge is 0.587 e. The Morgan fingerprint density at radius 3 is 2.75 bits per heavy atom. The van der Waals surface area contributed by atoms with E-state index in [0.29, 0.717) is 6.61 Å². The van der Waals surface area contributed by atoms with Crippen LogP contribution >= 0.6 is 22.6 Å². The normalized spacial score (nSPS) is 9.00. The molecule has 0 aliphatic carbocycles. The quantitative estimate of drug-likeness (QED) is 0.142. The summed E-state index contributed by atoms with van der Waals surface area (Å²) in [6, 6.07) is 0. The van der Waals surface area contributed by atoms with Crippen LogP contribution in [0, 0.1) is 12.3 Å². The molecule has 0 fully saturated rings. The van der Waals surface area contributed by atoms with Crippen molar-refractivity contribution in [2.75, 3.05) is 6.61 Å². The van der Waals surface area contributed by atoms with Gasteiger partial charge in [-0.1, -0.05) is 4.89 Å². The number of hydrogen-bond donors (Lipinski definition) is 0. The van der Waals surface area contributed by atoms with Gasteiger partial charge in [-0.25, -0.2) is 0 Å². The highest BCUT2D eigenvalue weighted by Gasteiger charge is 2.05. The summed E-state index contributed by atoms with van der Waals surface area (Å²) in [5.74, 6) is 2.56. The lowest BCUT2D eigenvalue weighted by molar-refractivity contribution is -0.222. The summed E-state index contributed by atoms with van der Waals surface area (Å²) in [5, 5.41) is 0. The third-order valence-electron chi connectivity index (χ3n) is 1.18. The van der Waals surface area contributed by atoms with Gasteiger partial charge in [-0.05, 0) is 19.3 Å². The van der Waals surface area contributed by atoms with Crippen molar-refractivity contribution in [2.24, 2.45) is 0 Å². The van der Waals surface area contributed by atoms with Crippen LogP contribution in [-0.4, -0.2) is 15.4 Å². The lowest BCUT2D eigenvalue weighted by atomic mass is 10.2. The second kappa shape index (κ2) is 8.81. The fourth-order valence-corrected chi connectivity index (χ4v) is 0.782. The summed E-state index contributed by atoms with van der Waals surface area (Å²) >= 11 is 1.62. The molecule has 0 saturated carbocycles. The number of unbranched alkanes of at least 4 members (excludes halogenated alkanes) is 3. The molecule has 0 aliphatic rings. The second-order valence-corrected chi connectivity index (χ2v) is 3.10. The van der Waals surface area contributed by atoms with E-state index in [-0.39, 0.29) is 3.98 Å². The van der Waals surface area contributed by atoms with Gasteiger partial charge in [0.15, 0.2) is 0 Å². The van der Waals surface area contributed by atoms with Crippen molar-refractivity contribution in [1.29, 1.82) is 0 Å². The lowest BCUT2D eigenvalue weighted by Crippen LogP contribution is -1.99. The minimum Gasteiger partial charge on any atom is -0.328 e. The molecular weight excluding hydrogens is 271 g/mol. The van der Waals surface area contributed by atoms with Gasteiger partial charge >= 0.3 is 3.98 Å². The minimum absolute atomic E-state index is 0.198. The van der Waals surface area contributed by atoms with Gasteiger partial charge < -0.3 is 4.79 Å². The average molecular weight is 283 g/mol. The molecule has 0 rings (SSSR count). The van der Waals surface area contributed by atoms with Gasteiger partial charge in [-0.2, -0.15) is 0 Å². The van der Waals surface area contributed by atoms with Gasteiger partial charge in [0.2, 0.25) is 0 Å². The van der Waals surface area contributed by atoms with E-state index in [0.717, 1.165) is 25.7 Å². The van der Waals surface area contributed by atoms with Crippen LogP contribution in [0.5, 0.6) is 0 Å². The van der Waals surface area contributed by atoms with E-state index < -0.39 is 0 Å². The molecule has 0 aromatic heterocycles. The molecule has 68 valence electrons. The Morgan fingerprint density at radius 2 is 2.17 bits per heavy atom. The Balaban J connectivity index is 2.92. The van der Waals surface area contributed by atoms with Crippen LogP contribution in [0.25, 0.3) is 0 Å². The molecule has 0 aromatic rings. The Morgan fingerprint density at radius 1 is 1.42 bits per heavy atom. The molecule has 4 heteroatoms. The third-order valence-corrected chi connectivity index (χ3v) is 1.36. The van der Waals surface area contributed by atoms with Crippen molar-refractivity contribution in [3.05, 3.63) is 0 Å². The van der Waals surface area contributed by atoms with Crippen molar-refractivity contribution < 1.29 is 14.6 Å². The zero-order valence-corrected chi connectivity index (χ0v) is 8.91. The number of terminal acetylenes is 1. The van der Waals surface area contributed by atoms with E-state index >= 15 is 0 Å². The summed E-state index contributed by atoms with van der Waals surface area (Å²) in [6.07, 6.45) is 8.81. The first-order valence-corrected chi connectivity index (χ1v) is 4.79. The maximum atomic E-state index is 8.52. The first kappa shape index (κ1) is 11.7. The lowest BCUT2D eigenvalue weighted by Gasteiger charge is -1.93. The van der Waals surface area contributed by atoms with Crippen molar-refractivity contribution in [2.45, 2.75) is 25.7 Å². The number of halogens is 1. The van der Waals surface area contributed by atoms with Gasteiger partial charge in [0.05, 0.1) is 0 Å². The van der Waals surface area contributed by atoms with Crippen LogP contribution in [0.3, 0.4) is 0 Å². The summed E-state index contributed by atoms with van der Waals surface area (Å²) in [7, 11) is 0. The fraction of sp³-hybridized carbons (Fsp3) is 0.625. The fourth-order valence-electron chi connectivity index (χ4n) is 0.655. The Kier molecular flexibility index (Phi) is 8.61. The summed E-state index contributed by atoms with van der Waals surface area (Å²) in [5.41, 5.74) is 0.